The quantitative estimate of drug-likeness (QED) is 0.621. The average Bonchev–Trinajstić information content (AvgIpc) is 2.71. The van der Waals surface area contributed by atoms with Crippen molar-refractivity contribution in [2.45, 2.75) is 38.5 Å². The highest BCUT2D eigenvalue weighted by atomic mass is 16.5. The zero-order chi connectivity index (χ0) is 19.6. The lowest BCUT2D eigenvalue weighted by Crippen LogP contribution is -2.40. The summed E-state index contributed by atoms with van der Waals surface area (Å²) in [6.07, 6.45) is 1.92. The van der Waals surface area contributed by atoms with Crippen molar-refractivity contribution in [3.8, 4) is 11.8 Å². The van der Waals surface area contributed by atoms with E-state index in [9.17, 15) is 5.11 Å². The van der Waals surface area contributed by atoms with Crippen LogP contribution in [0.4, 0.5) is 0 Å². The van der Waals surface area contributed by atoms with Gasteiger partial charge in [-0.15, -0.1) is 0 Å². The summed E-state index contributed by atoms with van der Waals surface area (Å²) in [6.45, 7) is 4.41. The zero-order valence-corrected chi connectivity index (χ0v) is 16.3. The summed E-state index contributed by atoms with van der Waals surface area (Å²) in [6, 6.07) is 18.6. The third-order valence-corrected chi connectivity index (χ3v) is 4.99. The molecule has 28 heavy (non-hydrogen) atoms. The number of nitrogens with zero attached hydrogens (tertiary/aromatic N) is 2. The fourth-order valence-corrected chi connectivity index (χ4v) is 3.54. The van der Waals surface area contributed by atoms with Crippen LogP contribution in [0.5, 0.6) is 5.75 Å². The van der Waals surface area contributed by atoms with Crippen LogP contribution in [-0.2, 0) is 19.5 Å². The van der Waals surface area contributed by atoms with E-state index in [4.69, 9.17) is 10.00 Å². The first-order valence-corrected chi connectivity index (χ1v) is 10.0. The van der Waals surface area contributed by atoms with Crippen molar-refractivity contribution >= 4 is 0 Å². The van der Waals surface area contributed by atoms with Gasteiger partial charge in [-0.1, -0.05) is 36.4 Å². The van der Waals surface area contributed by atoms with E-state index in [0.717, 1.165) is 37.2 Å². The summed E-state index contributed by atoms with van der Waals surface area (Å²) in [5, 5.41) is 22.3. The Bertz CT molecular complexity index is 787. The van der Waals surface area contributed by atoms with Crippen LogP contribution in [0.2, 0.25) is 0 Å². The van der Waals surface area contributed by atoms with Crippen molar-refractivity contribution in [3.05, 3.63) is 65.2 Å². The van der Waals surface area contributed by atoms with Gasteiger partial charge < -0.3 is 15.2 Å². The molecular formula is C23H29N3O2. The number of hydrogen-bond acceptors (Lipinski definition) is 5. The number of fused-ring (bicyclic) bond motifs is 1. The second-order valence-corrected chi connectivity index (χ2v) is 7.30. The summed E-state index contributed by atoms with van der Waals surface area (Å²) >= 11 is 0. The summed E-state index contributed by atoms with van der Waals surface area (Å²) in [5.41, 5.74) is 3.93. The fourth-order valence-electron chi connectivity index (χ4n) is 3.54. The van der Waals surface area contributed by atoms with E-state index >= 15 is 0 Å². The van der Waals surface area contributed by atoms with Crippen LogP contribution in [0.1, 0.15) is 29.5 Å². The maximum atomic E-state index is 10.4. The van der Waals surface area contributed by atoms with Crippen LogP contribution in [0.3, 0.4) is 0 Å². The Hall–Kier alpha value is -2.39. The van der Waals surface area contributed by atoms with Crippen LogP contribution in [0, 0.1) is 11.3 Å². The van der Waals surface area contributed by atoms with Gasteiger partial charge in [-0.2, -0.15) is 5.26 Å². The number of unbranched alkanes of at least 4 members (excludes halogenated alkanes) is 1. The Morgan fingerprint density at radius 1 is 1.18 bits per heavy atom. The molecule has 0 amide bonds. The summed E-state index contributed by atoms with van der Waals surface area (Å²) < 4.78 is 5.67. The lowest BCUT2D eigenvalue weighted by atomic mass is 10.00. The molecule has 5 nitrogen and oxygen atoms in total. The molecule has 1 heterocycles. The number of rotatable bonds is 10. The molecule has 3 rings (SSSR count). The van der Waals surface area contributed by atoms with Crippen LogP contribution in [0.15, 0.2) is 48.5 Å². The highest BCUT2D eigenvalue weighted by Gasteiger charge is 2.18. The van der Waals surface area contributed by atoms with Gasteiger partial charge in [0.15, 0.2) is 0 Å². The van der Waals surface area contributed by atoms with E-state index in [-0.39, 0.29) is 0 Å². The molecule has 0 saturated carbocycles. The van der Waals surface area contributed by atoms with Crippen LogP contribution >= 0.6 is 0 Å². The number of benzene rings is 2. The van der Waals surface area contributed by atoms with E-state index < -0.39 is 6.10 Å². The number of aliphatic hydroxyl groups is 1. The Labute approximate surface area is 167 Å². The van der Waals surface area contributed by atoms with Crippen LogP contribution in [-0.4, -0.2) is 42.4 Å². The summed E-state index contributed by atoms with van der Waals surface area (Å²) in [7, 11) is 0. The second kappa shape index (κ2) is 10.8. The van der Waals surface area contributed by atoms with E-state index in [0.29, 0.717) is 32.7 Å². The molecule has 0 radical (unpaired) electrons. The Morgan fingerprint density at radius 2 is 2.04 bits per heavy atom. The highest BCUT2D eigenvalue weighted by Crippen LogP contribution is 2.18. The van der Waals surface area contributed by atoms with E-state index in [1.165, 1.54) is 11.1 Å². The molecule has 1 aliphatic rings. The van der Waals surface area contributed by atoms with Gasteiger partial charge in [0, 0.05) is 39.1 Å². The minimum absolute atomic E-state index is 0.393. The SMILES string of the molecule is N#CCCCOc1cccc(CNCC(O)CN2CCc3ccccc3C2)c1. The maximum Gasteiger partial charge on any atom is 0.119 e. The lowest BCUT2D eigenvalue weighted by molar-refractivity contribution is 0.104. The first-order valence-electron chi connectivity index (χ1n) is 10.0. The van der Waals surface area contributed by atoms with E-state index in [2.05, 4.69) is 40.6 Å². The standard InChI is InChI=1S/C23H29N3O2/c24-11-3-4-13-28-23-9-5-6-19(14-23)15-25-16-22(27)18-26-12-10-20-7-1-2-8-21(20)17-26/h1-2,5-9,14,22,25,27H,3-4,10,12-13,15-18H2. The van der Waals surface area contributed by atoms with Gasteiger partial charge in [0.1, 0.15) is 5.75 Å². The van der Waals surface area contributed by atoms with Crippen molar-refractivity contribution in [2.75, 3.05) is 26.2 Å². The van der Waals surface area contributed by atoms with E-state index in [1.54, 1.807) is 0 Å². The third kappa shape index (κ3) is 6.35. The Balaban J connectivity index is 1.37. The molecule has 0 aliphatic carbocycles. The third-order valence-electron chi connectivity index (χ3n) is 4.99. The Morgan fingerprint density at radius 3 is 2.89 bits per heavy atom. The predicted octanol–water partition coefficient (Wildman–Crippen LogP) is 2.88. The number of nitriles is 1. The molecular weight excluding hydrogens is 350 g/mol. The molecule has 0 aromatic heterocycles. The first-order chi connectivity index (χ1) is 13.7. The smallest absolute Gasteiger partial charge is 0.119 e. The molecule has 0 spiro atoms. The summed E-state index contributed by atoms with van der Waals surface area (Å²) in [5.74, 6) is 0.824. The minimum atomic E-state index is -0.393. The second-order valence-electron chi connectivity index (χ2n) is 7.30. The normalized spacial score (nSPS) is 14.9. The number of β-amino-alcohol motifs (C(OH)–C–C–N with tert-alkyl or cyclic N) is 1. The topological polar surface area (TPSA) is 68.5 Å². The molecule has 0 fully saturated rings. The molecule has 1 atom stereocenters. The number of nitrogens with one attached hydrogen (secondary N) is 1. The van der Waals surface area contributed by atoms with Gasteiger partial charge in [-0.25, -0.2) is 0 Å². The van der Waals surface area contributed by atoms with Crippen molar-refractivity contribution in [1.82, 2.24) is 10.2 Å². The maximum absolute atomic E-state index is 10.4. The van der Waals surface area contributed by atoms with Gasteiger partial charge in [0.25, 0.3) is 0 Å². The largest absolute Gasteiger partial charge is 0.494 e. The van der Waals surface area contributed by atoms with E-state index in [1.807, 2.05) is 24.3 Å². The zero-order valence-electron chi connectivity index (χ0n) is 16.3. The van der Waals surface area contributed by atoms with Crippen molar-refractivity contribution in [1.29, 1.82) is 5.26 Å². The van der Waals surface area contributed by atoms with Gasteiger partial charge >= 0.3 is 0 Å². The molecule has 5 heteroatoms. The lowest BCUT2D eigenvalue weighted by Gasteiger charge is -2.30. The number of hydrogen-bond donors (Lipinski definition) is 2. The molecule has 1 aliphatic heterocycles. The molecule has 2 N–H and O–H groups in total. The number of aliphatic hydroxyl groups excluding tert-OH is 1. The van der Waals surface area contributed by atoms with Gasteiger partial charge in [0.2, 0.25) is 0 Å². The molecule has 2 aromatic rings. The van der Waals surface area contributed by atoms with Crippen molar-refractivity contribution < 1.29 is 9.84 Å². The summed E-state index contributed by atoms with van der Waals surface area (Å²) in [4.78, 5) is 2.32. The molecule has 1 unspecified atom stereocenters. The van der Waals surface area contributed by atoms with Crippen LogP contribution < -0.4 is 10.1 Å². The highest BCUT2D eigenvalue weighted by molar-refractivity contribution is 5.29. The molecule has 0 bridgehead atoms. The molecule has 148 valence electrons. The first kappa shape index (κ1) is 20.3. The van der Waals surface area contributed by atoms with Crippen molar-refractivity contribution in [2.24, 2.45) is 0 Å². The van der Waals surface area contributed by atoms with Crippen LogP contribution in [0.25, 0.3) is 0 Å². The van der Waals surface area contributed by atoms with Gasteiger partial charge in [-0.3, -0.25) is 4.90 Å². The Kier molecular flexibility index (Phi) is 7.86. The van der Waals surface area contributed by atoms with Gasteiger partial charge in [-0.05, 0) is 41.7 Å². The minimum Gasteiger partial charge on any atom is -0.494 e. The van der Waals surface area contributed by atoms with Gasteiger partial charge in [0.05, 0.1) is 18.8 Å². The fraction of sp³-hybridized carbons (Fsp3) is 0.435. The van der Waals surface area contributed by atoms with Crippen molar-refractivity contribution in [3.63, 3.8) is 0 Å². The molecule has 2 aromatic carbocycles. The predicted molar refractivity (Wildman–Crippen MR) is 110 cm³/mol. The average molecular weight is 380 g/mol. The number of ether oxygens (including phenoxy) is 1. The molecule has 0 saturated heterocycles. The monoisotopic (exact) mass is 379 g/mol.